The third kappa shape index (κ3) is 7.25. The van der Waals surface area contributed by atoms with Crippen molar-refractivity contribution in [1.82, 2.24) is 4.72 Å². The molecule has 2 aromatic carbocycles. The second-order valence-corrected chi connectivity index (χ2v) is 7.35. The van der Waals surface area contributed by atoms with E-state index in [4.69, 9.17) is 9.84 Å². The summed E-state index contributed by atoms with van der Waals surface area (Å²) in [5.74, 6) is -1.07. The third-order valence-corrected chi connectivity index (χ3v) is 4.80. The summed E-state index contributed by atoms with van der Waals surface area (Å²) < 4.78 is 57.2. The summed E-state index contributed by atoms with van der Waals surface area (Å²) in [5, 5.41) is 8.55. The van der Waals surface area contributed by atoms with Gasteiger partial charge in [-0.05, 0) is 80.1 Å². The quantitative estimate of drug-likeness (QED) is 0.510. The van der Waals surface area contributed by atoms with Gasteiger partial charge in [-0.25, -0.2) is 9.18 Å². The van der Waals surface area contributed by atoms with Crippen LogP contribution in [0.1, 0.15) is 29.5 Å². The van der Waals surface area contributed by atoms with Gasteiger partial charge in [0.25, 0.3) is 0 Å². The fraction of sp³-hybridized carbons (Fsp3) is 0.350. The number of rotatable bonds is 5. The van der Waals surface area contributed by atoms with Crippen molar-refractivity contribution in [2.75, 3.05) is 13.7 Å². The van der Waals surface area contributed by atoms with E-state index in [0.717, 1.165) is 42.7 Å². The topological polar surface area (TPSA) is 58.6 Å². The molecule has 0 fully saturated rings. The summed E-state index contributed by atoms with van der Waals surface area (Å²) >= 11 is 0.930. The zero-order valence-electron chi connectivity index (χ0n) is 15.7. The fourth-order valence-corrected chi connectivity index (χ4v) is 3.52. The monoisotopic (exact) mass is 431 g/mol. The van der Waals surface area contributed by atoms with Crippen LogP contribution in [-0.4, -0.2) is 24.7 Å². The Balaban J connectivity index is 0.000000208. The van der Waals surface area contributed by atoms with E-state index in [2.05, 4.69) is 10.8 Å². The molecule has 0 radical (unpaired) electrons. The van der Waals surface area contributed by atoms with Crippen LogP contribution in [0.3, 0.4) is 0 Å². The van der Waals surface area contributed by atoms with E-state index in [-0.39, 0.29) is 11.5 Å². The van der Waals surface area contributed by atoms with E-state index in [0.29, 0.717) is 6.07 Å². The number of aryl methyl sites for hydroxylation is 1. The number of nitrogens with one attached hydrogen (secondary N) is 1. The number of carboxylic acids is 1. The molecular weight excluding hydrogens is 410 g/mol. The SMILES string of the molecule is CNSc1cc(F)cc(C(F)(F)F)c1.O=C(O)COc1cccc2c1CCCC2. The van der Waals surface area contributed by atoms with Crippen molar-refractivity contribution in [3.63, 3.8) is 0 Å². The molecule has 4 nitrogen and oxygen atoms in total. The summed E-state index contributed by atoms with van der Waals surface area (Å²) in [6.45, 7) is -0.254. The van der Waals surface area contributed by atoms with E-state index >= 15 is 0 Å². The van der Waals surface area contributed by atoms with Crippen molar-refractivity contribution < 1.29 is 32.2 Å². The molecule has 0 amide bonds. The fourth-order valence-electron chi connectivity index (χ4n) is 2.92. The first-order valence-corrected chi connectivity index (χ1v) is 9.69. The maximum absolute atomic E-state index is 12.7. The van der Waals surface area contributed by atoms with Gasteiger partial charge in [-0.1, -0.05) is 12.1 Å². The molecule has 1 aliphatic rings. The predicted octanol–water partition coefficient (Wildman–Crippen LogP) is 5.10. The predicted molar refractivity (Wildman–Crippen MR) is 103 cm³/mol. The molecule has 0 aliphatic heterocycles. The lowest BCUT2D eigenvalue weighted by atomic mass is 9.91. The standard InChI is InChI=1S/C12H14O3.C8H7F4NS/c13-12(14)8-15-11-7-3-5-9-4-1-2-6-10(9)11;1-13-14-7-3-5(8(10,11)12)2-6(9)4-7/h3,5,7H,1-2,4,6,8H2,(H,13,14);2-4,13H,1H3. The molecule has 158 valence electrons. The second kappa shape index (κ2) is 10.5. The molecule has 0 unspecified atom stereocenters. The second-order valence-electron chi connectivity index (χ2n) is 6.26. The van der Waals surface area contributed by atoms with Crippen molar-refractivity contribution in [3.05, 3.63) is 58.9 Å². The van der Waals surface area contributed by atoms with Crippen molar-refractivity contribution in [3.8, 4) is 5.75 Å². The van der Waals surface area contributed by atoms with Gasteiger partial charge in [0.2, 0.25) is 0 Å². The summed E-state index contributed by atoms with van der Waals surface area (Å²) in [4.78, 5) is 10.6. The summed E-state index contributed by atoms with van der Waals surface area (Å²) in [6.07, 6.45) is -0.0360. The van der Waals surface area contributed by atoms with Crippen LogP contribution in [-0.2, 0) is 23.8 Å². The van der Waals surface area contributed by atoms with Crippen molar-refractivity contribution in [1.29, 1.82) is 0 Å². The minimum absolute atomic E-state index is 0.194. The van der Waals surface area contributed by atoms with Crippen LogP contribution in [0.4, 0.5) is 17.6 Å². The molecule has 0 saturated heterocycles. The van der Waals surface area contributed by atoms with Crippen LogP contribution in [0.15, 0.2) is 41.3 Å². The van der Waals surface area contributed by atoms with Crippen LogP contribution in [0.25, 0.3) is 0 Å². The van der Waals surface area contributed by atoms with E-state index in [1.807, 2.05) is 12.1 Å². The molecule has 0 aromatic heterocycles. The van der Waals surface area contributed by atoms with Crippen LogP contribution in [0, 0.1) is 5.82 Å². The van der Waals surface area contributed by atoms with Crippen molar-refractivity contribution in [2.24, 2.45) is 0 Å². The number of carboxylic acid groups (broad SMARTS) is 1. The molecule has 0 atom stereocenters. The van der Waals surface area contributed by atoms with Gasteiger partial charge in [0.1, 0.15) is 11.6 Å². The van der Waals surface area contributed by atoms with Gasteiger partial charge in [0.05, 0.1) is 5.56 Å². The van der Waals surface area contributed by atoms with Gasteiger partial charge in [0, 0.05) is 4.90 Å². The van der Waals surface area contributed by atoms with E-state index in [1.165, 1.54) is 24.0 Å². The Bertz CT molecular complexity index is 843. The van der Waals surface area contributed by atoms with Crippen LogP contribution in [0.5, 0.6) is 5.75 Å². The normalized spacial score (nSPS) is 13.1. The first kappa shape index (κ1) is 23.0. The molecule has 1 aliphatic carbocycles. The van der Waals surface area contributed by atoms with Gasteiger partial charge < -0.3 is 9.84 Å². The number of aliphatic carboxylic acids is 1. The molecular formula is C20H21F4NO3S. The lowest BCUT2D eigenvalue weighted by Gasteiger charge is -2.18. The zero-order valence-corrected chi connectivity index (χ0v) is 16.5. The minimum atomic E-state index is -4.51. The first-order valence-electron chi connectivity index (χ1n) is 8.87. The molecule has 2 aromatic rings. The van der Waals surface area contributed by atoms with Crippen LogP contribution < -0.4 is 9.46 Å². The largest absolute Gasteiger partial charge is 0.482 e. The Kier molecular flexibility index (Phi) is 8.33. The number of ether oxygens (including phenoxy) is 1. The van der Waals surface area contributed by atoms with Gasteiger partial charge >= 0.3 is 12.1 Å². The lowest BCUT2D eigenvalue weighted by molar-refractivity contribution is -0.139. The molecule has 0 heterocycles. The van der Waals surface area contributed by atoms with Crippen LogP contribution in [0.2, 0.25) is 0 Å². The molecule has 3 rings (SSSR count). The minimum Gasteiger partial charge on any atom is -0.482 e. The average Bonchev–Trinajstić information content (AvgIpc) is 2.66. The Hall–Kier alpha value is -2.26. The van der Waals surface area contributed by atoms with Gasteiger partial charge in [-0.2, -0.15) is 13.2 Å². The Labute approximate surface area is 170 Å². The summed E-state index contributed by atoms with van der Waals surface area (Å²) in [5.41, 5.74) is 1.53. The molecule has 0 bridgehead atoms. The van der Waals surface area contributed by atoms with Crippen molar-refractivity contribution in [2.45, 2.75) is 36.8 Å². The highest BCUT2D eigenvalue weighted by atomic mass is 32.2. The number of hydrogen-bond donors (Lipinski definition) is 2. The van der Waals surface area contributed by atoms with E-state index in [1.54, 1.807) is 7.05 Å². The number of benzene rings is 2. The van der Waals surface area contributed by atoms with E-state index in [9.17, 15) is 22.4 Å². The van der Waals surface area contributed by atoms with Crippen LogP contribution >= 0.6 is 11.9 Å². The summed E-state index contributed by atoms with van der Waals surface area (Å²) in [7, 11) is 1.54. The lowest BCUT2D eigenvalue weighted by Crippen LogP contribution is -2.12. The Morgan fingerprint density at radius 1 is 1.21 bits per heavy atom. The number of carbonyl (C=O) groups is 1. The molecule has 9 heteroatoms. The Morgan fingerprint density at radius 3 is 2.59 bits per heavy atom. The highest BCUT2D eigenvalue weighted by Gasteiger charge is 2.31. The molecule has 29 heavy (non-hydrogen) atoms. The highest BCUT2D eigenvalue weighted by Crippen LogP contribution is 2.32. The maximum Gasteiger partial charge on any atom is 0.416 e. The van der Waals surface area contributed by atoms with Gasteiger partial charge in [-0.3, -0.25) is 4.72 Å². The highest BCUT2D eigenvalue weighted by molar-refractivity contribution is 7.97. The molecule has 2 N–H and O–H groups in total. The smallest absolute Gasteiger partial charge is 0.416 e. The Morgan fingerprint density at radius 2 is 1.93 bits per heavy atom. The van der Waals surface area contributed by atoms with Gasteiger partial charge in [0.15, 0.2) is 6.61 Å². The zero-order chi connectivity index (χ0) is 21.4. The maximum atomic E-state index is 12.7. The first-order chi connectivity index (χ1) is 13.7. The number of fused-ring (bicyclic) bond motifs is 1. The van der Waals surface area contributed by atoms with E-state index < -0.39 is 23.5 Å². The third-order valence-electron chi connectivity index (χ3n) is 4.12. The number of hydrogen-bond acceptors (Lipinski definition) is 4. The molecule has 0 spiro atoms. The van der Waals surface area contributed by atoms with Crippen molar-refractivity contribution >= 4 is 17.9 Å². The summed E-state index contributed by atoms with van der Waals surface area (Å²) in [6, 6.07) is 8.29. The average molecular weight is 431 g/mol. The molecule has 0 saturated carbocycles. The number of alkyl halides is 3. The number of halogens is 4. The van der Waals surface area contributed by atoms with Gasteiger partial charge in [-0.15, -0.1) is 0 Å².